The third-order valence-electron chi connectivity index (χ3n) is 5.39. The van der Waals surface area contributed by atoms with E-state index < -0.39 is 18.1 Å². The molecule has 1 unspecified atom stereocenters. The Morgan fingerprint density at radius 3 is 2.30 bits per heavy atom. The number of alkyl carbamates (subject to hydrolysis) is 1. The van der Waals surface area contributed by atoms with Gasteiger partial charge in [-0.05, 0) is 29.7 Å². The van der Waals surface area contributed by atoms with Crippen molar-refractivity contribution < 1.29 is 19.1 Å². The molecule has 0 aliphatic rings. The maximum atomic E-state index is 13.0. The number of ether oxygens (including phenoxy) is 2. The Labute approximate surface area is 192 Å². The maximum Gasteiger partial charge on any atom is 0.408 e. The molecule has 33 heavy (non-hydrogen) atoms. The minimum atomic E-state index is -0.891. The van der Waals surface area contributed by atoms with E-state index in [0.717, 1.165) is 33.2 Å². The van der Waals surface area contributed by atoms with Crippen LogP contribution in [0, 0.1) is 6.92 Å². The van der Waals surface area contributed by atoms with Gasteiger partial charge in [0.05, 0.1) is 0 Å². The standard InChI is InChI=1S/C27H26N2O4/c1-19-11-13-21(14-12-19)17-32-26(30)25(15-22-16-28-24-10-6-5-9-23(22)24)29-27(31)33-18-20-7-3-2-4-8-20/h2-14,16,25,28H,15,17-18H2,1H3,(H,29,31). The topological polar surface area (TPSA) is 80.4 Å². The van der Waals surface area contributed by atoms with E-state index in [4.69, 9.17) is 9.47 Å². The van der Waals surface area contributed by atoms with Crippen LogP contribution in [0.25, 0.3) is 10.9 Å². The minimum absolute atomic E-state index is 0.116. The Balaban J connectivity index is 1.44. The monoisotopic (exact) mass is 442 g/mol. The number of para-hydroxylation sites is 1. The largest absolute Gasteiger partial charge is 0.459 e. The van der Waals surface area contributed by atoms with E-state index in [1.807, 2.05) is 92.0 Å². The Hall–Kier alpha value is -4.06. The van der Waals surface area contributed by atoms with Crippen molar-refractivity contribution in [3.8, 4) is 0 Å². The molecule has 0 radical (unpaired) electrons. The Bertz CT molecular complexity index is 1220. The molecule has 0 saturated heterocycles. The van der Waals surface area contributed by atoms with Crippen LogP contribution in [0.3, 0.4) is 0 Å². The van der Waals surface area contributed by atoms with E-state index in [2.05, 4.69) is 10.3 Å². The summed E-state index contributed by atoms with van der Waals surface area (Å²) in [4.78, 5) is 28.6. The number of aromatic nitrogens is 1. The first kappa shape index (κ1) is 22.1. The van der Waals surface area contributed by atoms with Crippen molar-refractivity contribution in [1.82, 2.24) is 10.3 Å². The van der Waals surface area contributed by atoms with E-state index in [-0.39, 0.29) is 19.6 Å². The molecule has 1 amide bonds. The number of fused-ring (bicyclic) bond motifs is 1. The lowest BCUT2D eigenvalue weighted by Gasteiger charge is -2.18. The molecule has 4 rings (SSSR count). The summed E-state index contributed by atoms with van der Waals surface area (Å²) in [6.07, 6.45) is 1.45. The number of nitrogens with one attached hydrogen (secondary N) is 2. The summed E-state index contributed by atoms with van der Waals surface area (Å²) in [5.41, 5.74) is 4.75. The molecule has 168 valence electrons. The molecule has 3 aromatic carbocycles. The van der Waals surface area contributed by atoms with Crippen molar-refractivity contribution in [3.63, 3.8) is 0 Å². The first-order chi connectivity index (χ1) is 16.1. The Kier molecular flexibility index (Phi) is 7.05. The normalized spacial score (nSPS) is 11.7. The number of H-pyrrole nitrogens is 1. The van der Waals surface area contributed by atoms with Gasteiger partial charge in [-0.25, -0.2) is 9.59 Å². The lowest BCUT2D eigenvalue weighted by Crippen LogP contribution is -2.43. The van der Waals surface area contributed by atoms with Crippen LogP contribution >= 0.6 is 0 Å². The zero-order valence-electron chi connectivity index (χ0n) is 18.4. The quantitative estimate of drug-likeness (QED) is 0.374. The van der Waals surface area contributed by atoms with Crippen LogP contribution in [0.5, 0.6) is 0 Å². The molecule has 4 aromatic rings. The average Bonchev–Trinajstić information content (AvgIpc) is 3.25. The minimum Gasteiger partial charge on any atom is -0.459 e. The molecule has 0 fully saturated rings. The number of benzene rings is 3. The van der Waals surface area contributed by atoms with Crippen LogP contribution < -0.4 is 5.32 Å². The number of rotatable bonds is 8. The molecule has 0 bridgehead atoms. The van der Waals surface area contributed by atoms with Gasteiger partial charge in [0.1, 0.15) is 19.3 Å². The Morgan fingerprint density at radius 1 is 0.848 bits per heavy atom. The van der Waals surface area contributed by atoms with Gasteiger partial charge < -0.3 is 19.8 Å². The second-order valence-corrected chi connectivity index (χ2v) is 7.92. The molecule has 6 nitrogen and oxygen atoms in total. The molecule has 1 atom stereocenters. The summed E-state index contributed by atoms with van der Waals surface area (Å²) >= 11 is 0. The first-order valence-electron chi connectivity index (χ1n) is 10.8. The number of aryl methyl sites for hydroxylation is 1. The molecule has 6 heteroatoms. The second kappa shape index (κ2) is 10.5. The molecule has 0 aliphatic heterocycles. The summed E-state index contributed by atoms with van der Waals surface area (Å²) in [5, 5.41) is 3.68. The van der Waals surface area contributed by atoms with Gasteiger partial charge in [0.15, 0.2) is 0 Å². The number of hydrogen-bond donors (Lipinski definition) is 2. The van der Waals surface area contributed by atoms with Crippen molar-refractivity contribution in [2.75, 3.05) is 0 Å². The highest BCUT2D eigenvalue weighted by Gasteiger charge is 2.25. The third kappa shape index (κ3) is 6.01. The Morgan fingerprint density at radius 2 is 1.52 bits per heavy atom. The van der Waals surface area contributed by atoms with E-state index in [9.17, 15) is 9.59 Å². The number of esters is 1. The molecular formula is C27H26N2O4. The molecule has 2 N–H and O–H groups in total. The van der Waals surface area contributed by atoms with Gasteiger partial charge in [-0.3, -0.25) is 0 Å². The number of carbonyl (C=O) groups excluding carboxylic acids is 2. The van der Waals surface area contributed by atoms with Crippen LogP contribution in [0.15, 0.2) is 85.1 Å². The highest BCUT2D eigenvalue weighted by atomic mass is 16.6. The van der Waals surface area contributed by atoms with Crippen molar-refractivity contribution in [1.29, 1.82) is 0 Å². The van der Waals surface area contributed by atoms with Gasteiger partial charge in [-0.15, -0.1) is 0 Å². The zero-order chi connectivity index (χ0) is 23.0. The average molecular weight is 443 g/mol. The number of amides is 1. The fourth-order valence-corrected chi connectivity index (χ4v) is 3.56. The van der Waals surface area contributed by atoms with E-state index >= 15 is 0 Å². The molecule has 0 spiro atoms. The predicted molar refractivity (Wildman–Crippen MR) is 127 cm³/mol. The number of carbonyl (C=O) groups is 2. The van der Waals surface area contributed by atoms with Crippen LogP contribution in [0.2, 0.25) is 0 Å². The van der Waals surface area contributed by atoms with Crippen molar-refractivity contribution in [2.45, 2.75) is 32.6 Å². The molecule has 0 aliphatic carbocycles. The van der Waals surface area contributed by atoms with Crippen LogP contribution in [0.1, 0.15) is 22.3 Å². The number of hydrogen-bond acceptors (Lipinski definition) is 4. The zero-order valence-corrected chi connectivity index (χ0v) is 18.4. The van der Waals surface area contributed by atoms with Gasteiger partial charge >= 0.3 is 12.1 Å². The third-order valence-corrected chi connectivity index (χ3v) is 5.39. The first-order valence-corrected chi connectivity index (χ1v) is 10.8. The van der Waals surface area contributed by atoms with Crippen LogP contribution in [0.4, 0.5) is 4.79 Å². The summed E-state index contributed by atoms with van der Waals surface area (Å²) < 4.78 is 10.9. The maximum absolute atomic E-state index is 13.0. The van der Waals surface area contributed by atoms with E-state index in [1.54, 1.807) is 0 Å². The van der Waals surface area contributed by atoms with E-state index in [1.165, 1.54) is 0 Å². The van der Waals surface area contributed by atoms with Gasteiger partial charge in [0.2, 0.25) is 0 Å². The van der Waals surface area contributed by atoms with Crippen molar-refractivity contribution >= 4 is 23.0 Å². The van der Waals surface area contributed by atoms with Crippen LogP contribution in [-0.2, 0) is 33.9 Å². The number of aromatic amines is 1. The highest BCUT2D eigenvalue weighted by Crippen LogP contribution is 2.20. The lowest BCUT2D eigenvalue weighted by molar-refractivity contribution is -0.147. The molecule has 1 aromatic heterocycles. The molecule has 1 heterocycles. The highest BCUT2D eigenvalue weighted by molar-refractivity contribution is 5.86. The van der Waals surface area contributed by atoms with Gasteiger partial charge in [-0.2, -0.15) is 0 Å². The van der Waals surface area contributed by atoms with Gasteiger partial charge in [0, 0.05) is 23.5 Å². The van der Waals surface area contributed by atoms with Crippen LogP contribution in [-0.4, -0.2) is 23.1 Å². The summed E-state index contributed by atoms with van der Waals surface area (Å²) in [6, 6.07) is 24.1. The fourth-order valence-electron chi connectivity index (χ4n) is 3.56. The summed E-state index contributed by atoms with van der Waals surface area (Å²) in [7, 11) is 0. The van der Waals surface area contributed by atoms with E-state index in [0.29, 0.717) is 0 Å². The summed E-state index contributed by atoms with van der Waals surface area (Å²) in [5.74, 6) is -0.516. The van der Waals surface area contributed by atoms with Crippen molar-refractivity contribution in [2.24, 2.45) is 0 Å². The fraction of sp³-hybridized carbons (Fsp3) is 0.185. The lowest BCUT2D eigenvalue weighted by atomic mass is 10.1. The van der Waals surface area contributed by atoms with Gasteiger partial charge in [-0.1, -0.05) is 78.4 Å². The van der Waals surface area contributed by atoms with Gasteiger partial charge in [0.25, 0.3) is 0 Å². The SMILES string of the molecule is Cc1ccc(COC(=O)C(Cc2c[nH]c3ccccc23)NC(=O)OCc2ccccc2)cc1. The molecular weight excluding hydrogens is 416 g/mol. The smallest absolute Gasteiger partial charge is 0.408 e. The molecule has 0 saturated carbocycles. The summed E-state index contributed by atoms with van der Waals surface area (Å²) in [6.45, 7) is 2.24. The second-order valence-electron chi connectivity index (χ2n) is 7.92. The van der Waals surface area contributed by atoms with Crippen molar-refractivity contribution in [3.05, 3.63) is 107 Å². The predicted octanol–water partition coefficient (Wildman–Crippen LogP) is 5.06.